The minimum Gasteiger partial charge on any atom is -0.299 e. The molecule has 4 nitrogen and oxygen atoms in total. The lowest BCUT2D eigenvalue weighted by Crippen LogP contribution is -2.38. The number of hydrazine groups is 1. The summed E-state index contributed by atoms with van der Waals surface area (Å²) in [4.78, 5) is 22.0. The van der Waals surface area contributed by atoms with E-state index in [1.807, 2.05) is 6.07 Å². The van der Waals surface area contributed by atoms with Gasteiger partial charge in [-0.15, -0.1) is 0 Å². The Balaban J connectivity index is 2.71. The van der Waals surface area contributed by atoms with Crippen molar-refractivity contribution in [1.29, 1.82) is 0 Å². The van der Waals surface area contributed by atoms with Crippen molar-refractivity contribution in [1.82, 2.24) is 0 Å². The zero-order valence-corrected chi connectivity index (χ0v) is 7.93. The monoisotopic (exact) mass is 192 g/mol. The second-order valence-electron chi connectivity index (χ2n) is 2.98. The number of nitrogens with two attached hydrogens (primary N) is 1. The first kappa shape index (κ1) is 10.4. The Morgan fingerprint density at radius 2 is 1.86 bits per heavy atom. The maximum atomic E-state index is 11.3. The molecule has 4 heteroatoms. The number of carbonyl (C=O) groups is 2. The molecule has 0 atom stereocenters. The number of anilines is 1. The molecule has 0 aliphatic rings. The number of rotatable bonds is 3. The second-order valence-corrected chi connectivity index (χ2v) is 2.98. The molecule has 0 saturated carbocycles. The Hall–Kier alpha value is -1.68. The van der Waals surface area contributed by atoms with Crippen LogP contribution in [-0.2, 0) is 9.59 Å². The first-order valence-corrected chi connectivity index (χ1v) is 4.23. The molecule has 1 aromatic rings. The molecule has 0 bridgehead atoms. The smallest absolute Gasteiger partial charge is 0.248 e. The van der Waals surface area contributed by atoms with Gasteiger partial charge in [0, 0.05) is 0 Å². The molecular weight excluding hydrogens is 180 g/mol. The van der Waals surface area contributed by atoms with Crippen molar-refractivity contribution in [2.75, 3.05) is 5.01 Å². The van der Waals surface area contributed by atoms with Gasteiger partial charge in [-0.3, -0.25) is 9.59 Å². The number of benzene rings is 1. The maximum Gasteiger partial charge on any atom is 0.248 e. The van der Waals surface area contributed by atoms with Crippen LogP contribution in [0.3, 0.4) is 0 Å². The Bertz CT molecular complexity index is 335. The highest BCUT2D eigenvalue weighted by molar-refractivity contribution is 6.04. The van der Waals surface area contributed by atoms with Gasteiger partial charge in [-0.05, 0) is 19.1 Å². The predicted octanol–water partition coefficient (Wildman–Crippen LogP) is 0.872. The topological polar surface area (TPSA) is 63.4 Å². The van der Waals surface area contributed by atoms with Gasteiger partial charge in [0.2, 0.25) is 5.91 Å². The van der Waals surface area contributed by atoms with Gasteiger partial charge in [-0.25, -0.2) is 10.9 Å². The quantitative estimate of drug-likeness (QED) is 0.334. The van der Waals surface area contributed by atoms with E-state index in [-0.39, 0.29) is 12.2 Å². The predicted molar refractivity (Wildman–Crippen MR) is 53.4 cm³/mol. The lowest BCUT2D eigenvalue weighted by molar-refractivity contribution is -0.125. The number of hydrogen-bond acceptors (Lipinski definition) is 3. The van der Waals surface area contributed by atoms with Crippen molar-refractivity contribution in [3.8, 4) is 0 Å². The first-order chi connectivity index (χ1) is 6.61. The molecule has 1 aromatic carbocycles. The van der Waals surface area contributed by atoms with E-state index in [2.05, 4.69) is 0 Å². The average molecular weight is 192 g/mol. The third-order valence-electron chi connectivity index (χ3n) is 1.70. The Morgan fingerprint density at radius 1 is 1.29 bits per heavy atom. The van der Waals surface area contributed by atoms with Gasteiger partial charge in [-0.1, -0.05) is 18.2 Å². The number of hydrogen-bond donors (Lipinski definition) is 1. The van der Waals surface area contributed by atoms with E-state index in [1.54, 1.807) is 24.3 Å². The zero-order valence-electron chi connectivity index (χ0n) is 7.93. The highest BCUT2D eigenvalue weighted by Gasteiger charge is 2.12. The highest BCUT2D eigenvalue weighted by Crippen LogP contribution is 2.10. The summed E-state index contributed by atoms with van der Waals surface area (Å²) in [6.07, 6.45) is -0.161. The van der Waals surface area contributed by atoms with E-state index in [0.717, 1.165) is 5.01 Å². The molecule has 2 N–H and O–H groups in total. The fourth-order valence-electron chi connectivity index (χ4n) is 1.03. The molecule has 0 aromatic heterocycles. The SMILES string of the molecule is CC(=O)CC(=O)N(N)c1ccccc1. The van der Waals surface area contributed by atoms with Crippen LogP contribution < -0.4 is 10.9 Å². The molecule has 0 unspecified atom stereocenters. The number of Topliss-reactive ketones (excluding diaryl/α,β-unsaturated/α-hetero) is 1. The minimum absolute atomic E-state index is 0.161. The van der Waals surface area contributed by atoms with Crippen molar-refractivity contribution in [3.05, 3.63) is 30.3 Å². The zero-order chi connectivity index (χ0) is 10.6. The summed E-state index contributed by atoms with van der Waals surface area (Å²) in [7, 11) is 0. The van der Waals surface area contributed by atoms with Gasteiger partial charge < -0.3 is 0 Å². The van der Waals surface area contributed by atoms with Gasteiger partial charge in [0.25, 0.3) is 0 Å². The fraction of sp³-hybridized carbons (Fsp3) is 0.200. The van der Waals surface area contributed by atoms with Crippen LogP contribution in [0.15, 0.2) is 30.3 Å². The molecule has 0 fully saturated rings. The van der Waals surface area contributed by atoms with Crippen molar-refractivity contribution in [3.63, 3.8) is 0 Å². The molecule has 0 heterocycles. The molecular formula is C10H12N2O2. The lowest BCUT2D eigenvalue weighted by Gasteiger charge is -2.15. The summed E-state index contributed by atoms with van der Waals surface area (Å²) >= 11 is 0. The first-order valence-electron chi connectivity index (χ1n) is 4.23. The van der Waals surface area contributed by atoms with E-state index in [9.17, 15) is 9.59 Å². The van der Waals surface area contributed by atoms with Gasteiger partial charge in [0.1, 0.15) is 5.78 Å². The van der Waals surface area contributed by atoms with Crippen molar-refractivity contribution >= 4 is 17.4 Å². The summed E-state index contributed by atoms with van der Waals surface area (Å²) < 4.78 is 0. The number of ketones is 1. The van der Waals surface area contributed by atoms with Gasteiger partial charge in [0.15, 0.2) is 0 Å². The molecule has 0 spiro atoms. The number of carbonyl (C=O) groups excluding carboxylic acids is 2. The van der Waals surface area contributed by atoms with E-state index in [0.29, 0.717) is 5.69 Å². The third-order valence-corrected chi connectivity index (χ3v) is 1.70. The number of para-hydroxylation sites is 1. The summed E-state index contributed by atoms with van der Waals surface area (Å²) in [5.74, 6) is 4.93. The van der Waals surface area contributed by atoms with E-state index >= 15 is 0 Å². The largest absolute Gasteiger partial charge is 0.299 e. The van der Waals surface area contributed by atoms with Crippen LogP contribution in [-0.4, -0.2) is 11.7 Å². The molecule has 74 valence electrons. The molecule has 0 aliphatic carbocycles. The van der Waals surface area contributed by atoms with E-state index in [4.69, 9.17) is 5.84 Å². The van der Waals surface area contributed by atoms with Crippen LogP contribution in [0.4, 0.5) is 5.69 Å². The maximum absolute atomic E-state index is 11.3. The van der Waals surface area contributed by atoms with Crippen LogP contribution in [0.25, 0.3) is 0 Å². The lowest BCUT2D eigenvalue weighted by atomic mass is 10.2. The van der Waals surface area contributed by atoms with Crippen molar-refractivity contribution in [2.45, 2.75) is 13.3 Å². The van der Waals surface area contributed by atoms with Crippen LogP contribution in [0.1, 0.15) is 13.3 Å². The minimum atomic E-state index is -0.399. The Morgan fingerprint density at radius 3 is 2.36 bits per heavy atom. The normalized spacial score (nSPS) is 9.57. The Labute approximate surface area is 82.3 Å². The van der Waals surface area contributed by atoms with Crippen LogP contribution >= 0.6 is 0 Å². The van der Waals surface area contributed by atoms with Crippen LogP contribution in [0.2, 0.25) is 0 Å². The number of amides is 1. The molecule has 14 heavy (non-hydrogen) atoms. The third kappa shape index (κ3) is 2.67. The number of nitrogens with zero attached hydrogens (tertiary/aromatic N) is 1. The standard InChI is InChI=1S/C10H12N2O2/c1-8(13)7-10(14)12(11)9-5-3-2-4-6-9/h2-6H,7,11H2,1H3. The van der Waals surface area contributed by atoms with Gasteiger partial charge >= 0.3 is 0 Å². The summed E-state index contributed by atoms with van der Waals surface area (Å²) in [6.45, 7) is 1.36. The molecule has 0 radical (unpaired) electrons. The van der Waals surface area contributed by atoms with Crippen molar-refractivity contribution < 1.29 is 9.59 Å². The molecule has 0 aliphatic heterocycles. The van der Waals surface area contributed by atoms with Gasteiger partial charge in [-0.2, -0.15) is 0 Å². The summed E-state index contributed by atoms with van der Waals surface area (Å²) in [5, 5.41) is 0.987. The van der Waals surface area contributed by atoms with Crippen LogP contribution in [0, 0.1) is 0 Å². The van der Waals surface area contributed by atoms with E-state index < -0.39 is 5.91 Å². The second kappa shape index (κ2) is 4.53. The van der Waals surface area contributed by atoms with Crippen molar-refractivity contribution in [2.24, 2.45) is 5.84 Å². The molecule has 0 saturated heterocycles. The van der Waals surface area contributed by atoms with Gasteiger partial charge in [0.05, 0.1) is 12.1 Å². The Kier molecular flexibility index (Phi) is 3.36. The fourth-order valence-corrected chi connectivity index (χ4v) is 1.03. The van der Waals surface area contributed by atoms with E-state index in [1.165, 1.54) is 6.92 Å². The summed E-state index contributed by atoms with van der Waals surface area (Å²) in [6, 6.07) is 8.79. The highest BCUT2D eigenvalue weighted by atomic mass is 16.2. The molecule has 1 rings (SSSR count). The summed E-state index contributed by atoms with van der Waals surface area (Å²) in [5.41, 5.74) is 0.582. The molecule has 1 amide bonds. The van der Waals surface area contributed by atoms with Crippen LogP contribution in [0.5, 0.6) is 0 Å². The average Bonchev–Trinajstić information content (AvgIpc) is 2.17.